The molecule has 0 N–H and O–H groups in total. The molecular formula is C17H29NO. The van der Waals surface area contributed by atoms with Crippen LogP contribution in [0.15, 0.2) is 23.8 Å². The topological polar surface area (TPSA) is 20.3 Å². The maximum Gasteiger partial charge on any atom is 0.219 e. The highest BCUT2D eigenvalue weighted by atomic mass is 16.2. The third-order valence-electron chi connectivity index (χ3n) is 4.03. The van der Waals surface area contributed by atoms with E-state index in [9.17, 15) is 4.79 Å². The number of nitrogens with zero attached hydrogens (tertiary/aromatic N) is 1. The molecular weight excluding hydrogens is 234 g/mol. The summed E-state index contributed by atoms with van der Waals surface area (Å²) >= 11 is 0. The number of hydrogen-bond acceptors (Lipinski definition) is 1. The summed E-state index contributed by atoms with van der Waals surface area (Å²) < 4.78 is 0. The van der Waals surface area contributed by atoms with E-state index in [0.29, 0.717) is 11.8 Å². The van der Waals surface area contributed by atoms with Crippen molar-refractivity contribution in [2.45, 2.75) is 53.4 Å². The number of amides is 1. The zero-order chi connectivity index (χ0) is 14.3. The molecule has 0 aromatic heterocycles. The van der Waals surface area contributed by atoms with Crippen LogP contribution in [0.25, 0.3) is 0 Å². The summed E-state index contributed by atoms with van der Waals surface area (Å²) in [5.41, 5.74) is 1.52. The van der Waals surface area contributed by atoms with E-state index < -0.39 is 0 Å². The van der Waals surface area contributed by atoms with Crippen molar-refractivity contribution in [3.8, 4) is 0 Å². The average Bonchev–Trinajstić information content (AvgIpc) is 2.35. The molecule has 0 fully saturated rings. The first kappa shape index (κ1) is 16.0. The molecule has 0 radical (unpaired) electrons. The van der Waals surface area contributed by atoms with Gasteiger partial charge in [-0.05, 0) is 38.0 Å². The first-order valence-corrected chi connectivity index (χ1v) is 7.64. The fraction of sp³-hybridized carbons (Fsp3) is 0.706. The maximum absolute atomic E-state index is 11.5. The summed E-state index contributed by atoms with van der Waals surface area (Å²) in [6, 6.07) is 0. The maximum atomic E-state index is 11.5. The highest BCUT2D eigenvalue weighted by Gasteiger charge is 2.17. The third-order valence-corrected chi connectivity index (χ3v) is 4.03. The van der Waals surface area contributed by atoms with Gasteiger partial charge >= 0.3 is 0 Å². The first-order valence-electron chi connectivity index (χ1n) is 7.64. The van der Waals surface area contributed by atoms with E-state index >= 15 is 0 Å². The quantitative estimate of drug-likeness (QED) is 0.658. The summed E-state index contributed by atoms with van der Waals surface area (Å²) in [4.78, 5) is 13.5. The fourth-order valence-corrected chi connectivity index (χ4v) is 2.67. The van der Waals surface area contributed by atoms with Crippen LogP contribution in [0.5, 0.6) is 0 Å². The van der Waals surface area contributed by atoms with Crippen molar-refractivity contribution in [1.29, 1.82) is 0 Å². The van der Waals surface area contributed by atoms with Crippen LogP contribution < -0.4 is 0 Å². The van der Waals surface area contributed by atoms with Gasteiger partial charge in [-0.1, -0.05) is 44.1 Å². The minimum absolute atomic E-state index is 0.186. The summed E-state index contributed by atoms with van der Waals surface area (Å²) in [7, 11) is 0. The lowest BCUT2D eigenvalue weighted by atomic mass is 9.82. The van der Waals surface area contributed by atoms with Gasteiger partial charge in [-0.3, -0.25) is 4.79 Å². The van der Waals surface area contributed by atoms with Gasteiger partial charge in [0, 0.05) is 20.0 Å². The molecule has 0 saturated carbocycles. The van der Waals surface area contributed by atoms with E-state index in [1.807, 2.05) is 4.90 Å². The molecule has 0 aromatic carbocycles. The minimum Gasteiger partial charge on any atom is -0.339 e. The molecule has 0 aliphatic heterocycles. The molecule has 0 bridgehead atoms. The van der Waals surface area contributed by atoms with E-state index in [4.69, 9.17) is 0 Å². The van der Waals surface area contributed by atoms with Crippen LogP contribution >= 0.6 is 0 Å². The number of carbonyl (C=O) groups is 1. The number of rotatable bonds is 6. The smallest absolute Gasteiger partial charge is 0.219 e. The molecule has 1 aliphatic carbocycles. The molecule has 2 heteroatoms. The van der Waals surface area contributed by atoms with Crippen molar-refractivity contribution in [2.24, 2.45) is 11.8 Å². The van der Waals surface area contributed by atoms with Crippen LogP contribution in [0.2, 0.25) is 0 Å². The van der Waals surface area contributed by atoms with Gasteiger partial charge in [0.25, 0.3) is 0 Å². The van der Waals surface area contributed by atoms with E-state index in [2.05, 4.69) is 39.0 Å². The molecule has 1 amide bonds. The zero-order valence-corrected chi connectivity index (χ0v) is 13.0. The molecule has 1 rings (SSSR count). The summed E-state index contributed by atoms with van der Waals surface area (Å²) in [6.45, 7) is 9.98. The molecule has 0 aromatic rings. The van der Waals surface area contributed by atoms with Crippen LogP contribution in [0, 0.1) is 11.8 Å². The second kappa shape index (κ2) is 8.19. The van der Waals surface area contributed by atoms with Gasteiger partial charge in [-0.2, -0.15) is 0 Å². The van der Waals surface area contributed by atoms with Crippen molar-refractivity contribution < 1.29 is 4.79 Å². The molecule has 0 spiro atoms. The molecule has 1 aliphatic rings. The van der Waals surface area contributed by atoms with Gasteiger partial charge in [0.1, 0.15) is 0 Å². The molecule has 19 heavy (non-hydrogen) atoms. The van der Waals surface area contributed by atoms with E-state index in [0.717, 1.165) is 25.9 Å². The van der Waals surface area contributed by atoms with Gasteiger partial charge in [-0.15, -0.1) is 0 Å². The van der Waals surface area contributed by atoms with Crippen LogP contribution in [0.3, 0.4) is 0 Å². The highest BCUT2D eigenvalue weighted by molar-refractivity contribution is 5.73. The monoisotopic (exact) mass is 263 g/mol. The lowest BCUT2D eigenvalue weighted by Gasteiger charge is -2.24. The number of carbonyl (C=O) groups excluding carboxylic acids is 1. The SMILES string of the molecule is CCCCN(CC=CC1CCC(C)=CC1C)C(C)=O. The van der Waals surface area contributed by atoms with E-state index in [-0.39, 0.29) is 5.91 Å². The Morgan fingerprint density at radius 1 is 1.53 bits per heavy atom. The lowest BCUT2D eigenvalue weighted by Crippen LogP contribution is -2.30. The standard InChI is InChI=1S/C17H29NO/c1-5-6-11-18(16(4)19)12-7-8-17-10-9-14(2)13-15(17)3/h7-8,13,15,17H,5-6,9-12H2,1-4H3. The van der Waals surface area contributed by atoms with Gasteiger partial charge in [0.15, 0.2) is 0 Å². The molecule has 0 saturated heterocycles. The highest BCUT2D eigenvalue weighted by Crippen LogP contribution is 2.29. The van der Waals surface area contributed by atoms with Gasteiger partial charge in [-0.25, -0.2) is 0 Å². The Balaban J connectivity index is 2.45. The lowest BCUT2D eigenvalue weighted by molar-refractivity contribution is -0.128. The Morgan fingerprint density at radius 3 is 2.84 bits per heavy atom. The fourth-order valence-electron chi connectivity index (χ4n) is 2.67. The van der Waals surface area contributed by atoms with E-state index in [1.54, 1.807) is 6.92 Å². The molecule has 108 valence electrons. The molecule has 0 heterocycles. The van der Waals surface area contributed by atoms with Crippen LogP contribution in [-0.4, -0.2) is 23.9 Å². The second-order valence-electron chi connectivity index (χ2n) is 5.82. The van der Waals surface area contributed by atoms with Crippen LogP contribution in [0.4, 0.5) is 0 Å². The Kier molecular flexibility index (Phi) is 6.90. The Labute approximate surface area is 118 Å². The third kappa shape index (κ3) is 5.63. The number of hydrogen-bond donors (Lipinski definition) is 0. The molecule has 2 unspecified atom stereocenters. The van der Waals surface area contributed by atoms with Gasteiger partial charge in [0.05, 0.1) is 0 Å². The summed E-state index contributed by atoms with van der Waals surface area (Å²) in [6.07, 6.45) is 11.6. The van der Waals surface area contributed by atoms with Gasteiger partial charge < -0.3 is 4.90 Å². The number of allylic oxidation sites excluding steroid dienone is 3. The van der Waals surface area contributed by atoms with Crippen molar-refractivity contribution in [3.05, 3.63) is 23.8 Å². The Morgan fingerprint density at radius 2 is 2.26 bits per heavy atom. The van der Waals surface area contributed by atoms with Crippen molar-refractivity contribution in [1.82, 2.24) is 4.90 Å². The zero-order valence-electron chi connectivity index (χ0n) is 13.0. The second-order valence-corrected chi connectivity index (χ2v) is 5.82. The van der Waals surface area contributed by atoms with Crippen molar-refractivity contribution in [2.75, 3.05) is 13.1 Å². The summed E-state index contributed by atoms with van der Waals surface area (Å²) in [5.74, 6) is 1.46. The summed E-state index contributed by atoms with van der Waals surface area (Å²) in [5, 5.41) is 0. The normalized spacial score (nSPS) is 23.5. The predicted octanol–water partition coefficient (Wildman–Crippen LogP) is 4.18. The van der Waals surface area contributed by atoms with Crippen molar-refractivity contribution in [3.63, 3.8) is 0 Å². The number of unbranched alkanes of at least 4 members (excludes halogenated alkanes) is 1. The van der Waals surface area contributed by atoms with Gasteiger partial charge in [0.2, 0.25) is 5.91 Å². The molecule has 2 nitrogen and oxygen atoms in total. The minimum atomic E-state index is 0.186. The molecule has 2 atom stereocenters. The Bertz CT molecular complexity index is 343. The first-order chi connectivity index (χ1) is 9.04. The predicted molar refractivity (Wildman–Crippen MR) is 81.9 cm³/mol. The van der Waals surface area contributed by atoms with Crippen LogP contribution in [0.1, 0.15) is 53.4 Å². The van der Waals surface area contributed by atoms with E-state index in [1.165, 1.54) is 18.4 Å². The van der Waals surface area contributed by atoms with Crippen LogP contribution in [-0.2, 0) is 4.79 Å². The average molecular weight is 263 g/mol. The Hall–Kier alpha value is -1.05. The van der Waals surface area contributed by atoms with Crippen molar-refractivity contribution >= 4 is 5.91 Å². The largest absolute Gasteiger partial charge is 0.339 e.